The fraction of sp³-hybridized carbons (Fsp3) is 0.163. The number of phenols is 1. The van der Waals surface area contributed by atoms with E-state index in [9.17, 15) is 19.8 Å². The number of fused-ring (bicyclic) bond motifs is 2. The van der Waals surface area contributed by atoms with Crippen LogP contribution in [0.2, 0.25) is 0 Å². The van der Waals surface area contributed by atoms with Crippen molar-refractivity contribution in [3.8, 4) is 28.2 Å². The molecule has 0 radical (unpaired) electrons. The van der Waals surface area contributed by atoms with E-state index in [2.05, 4.69) is 76.2 Å². The van der Waals surface area contributed by atoms with Gasteiger partial charge >= 0.3 is 5.97 Å². The largest absolute Gasteiger partial charge is 0.508 e. The second kappa shape index (κ2) is 10.7. The highest BCUT2D eigenvalue weighted by Gasteiger charge is 2.28. The van der Waals surface area contributed by atoms with E-state index < -0.39 is 5.97 Å². The normalized spacial score (nSPS) is 12.4. The van der Waals surface area contributed by atoms with E-state index >= 15 is 0 Å². The molecule has 0 saturated heterocycles. The molecule has 1 aliphatic carbocycles. The van der Waals surface area contributed by atoms with Gasteiger partial charge in [-0.3, -0.25) is 4.79 Å². The predicted octanol–water partition coefficient (Wildman–Crippen LogP) is 10.5. The van der Waals surface area contributed by atoms with Gasteiger partial charge in [0.15, 0.2) is 5.43 Å². The average molecular weight is 631 g/mol. The SMILES string of the molecule is CC(C)c1ccc2ccc3c(CC(C)(C)c4ccc(C(=O)O)c(-c5c6ccc(=O)cc-6oc6cc(O)ccc56)c4)ccc4ccc1c2c43. The van der Waals surface area contributed by atoms with Crippen LogP contribution in [0.15, 0.2) is 112 Å². The molecule has 1 aliphatic heterocycles. The lowest BCUT2D eigenvalue weighted by atomic mass is 9.76. The molecule has 0 spiro atoms. The highest BCUT2D eigenvalue weighted by atomic mass is 16.4. The van der Waals surface area contributed by atoms with Crippen molar-refractivity contribution in [1.29, 1.82) is 0 Å². The summed E-state index contributed by atoms with van der Waals surface area (Å²) in [4.78, 5) is 25.0. The van der Waals surface area contributed by atoms with Crippen molar-refractivity contribution in [2.24, 2.45) is 0 Å². The standard InChI is InChI=1S/C43H34O5/c1-23(2)30-13-7-25-8-14-31-26(6-5-24-9-15-32(30)40(25)39(24)31)22-43(3,4)27-10-16-33(42(46)47)36(19-27)41-34-17-11-28(44)20-37(34)48-38-21-29(45)12-18-35(38)41/h5-21,23,44H,22H2,1-4H3,(H,46,47). The Morgan fingerprint density at radius 3 is 2.19 bits per heavy atom. The van der Waals surface area contributed by atoms with E-state index in [-0.39, 0.29) is 22.2 Å². The molecule has 0 atom stereocenters. The van der Waals surface area contributed by atoms with E-state index in [1.54, 1.807) is 24.3 Å². The fourth-order valence-electron chi connectivity index (χ4n) is 7.63. The summed E-state index contributed by atoms with van der Waals surface area (Å²) in [7, 11) is 0. The van der Waals surface area contributed by atoms with E-state index in [1.165, 1.54) is 61.6 Å². The average Bonchev–Trinajstić information content (AvgIpc) is 3.06. The highest BCUT2D eigenvalue weighted by molar-refractivity contribution is 6.24. The Bertz CT molecular complexity index is 2610. The van der Waals surface area contributed by atoms with Crippen LogP contribution in [-0.2, 0) is 11.8 Å². The number of carboxylic acids is 1. The Balaban J connectivity index is 1.31. The van der Waals surface area contributed by atoms with Crippen LogP contribution in [0.4, 0.5) is 0 Å². The van der Waals surface area contributed by atoms with Gasteiger partial charge in [0.05, 0.1) is 5.56 Å². The van der Waals surface area contributed by atoms with Crippen LogP contribution < -0.4 is 5.43 Å². The van der Waals surface area contributed by atoms with E-state index in [0.29, 0.717) is 39.3 Å². The number of carboxylic acid groups (broad SMARTS) is 1. The van der Waals surface area contributed by atoms with Gasteiger partial charge in [0.25, 0.3) is 0 Å². The zero-order valence-corrected chi connectivity index (χ0v) is 27.2. The van der Waals surface area contributed by atoms with E-state index in [4.69, 9.17) is 4.42 Å². The third kappa shape index (κ3) is 4.61. The van der Waals surface area contributed by atoms with Crippen LogP contribution in [0.1, 0.15) is 60.7 Å². The number of hydrogen-bond acceptors (Lipinski definition) is 4. The summed E-state index contributed by atoms with van der Waals surface area (Å²) in [5.74, 6) is -0.303. The molecule has 2 aliphatic rings. The molecule has 0 unspecified atom stereocenters. The Hall–Kier alpha value is -5.68. The lowest BCUT2D eigenvalue weighted by molar-refractivity contribution is 0.0697. The van der Waals surface area contributed by atoms with Gasteiger partial charge in [-0.25, -0.2) is 4.79 Å². The van der Waals surface area contributed by atoms with E-state index in [1.807, 2.05) is 12.1 Å². The summed E-state index contributed by atoms with van der Waals surface area (Å²) in [6.45, 7) is 8.87. The van der Waals surface area contributed by atoms with Crippen LogP contribution in [0.3, 0.4) is 0 Å². The first-order valence-corrected chi connectivity index (χ1v) is 16.3. The van der Waals surface area contributed by atoms with Crippen molar-refractivity contribution >= 4 is 49.3 Å². The minimum absolute atomic E-state index is 0.0110. The lowest BCUT2D eigenvalue weighted by Gasteiger charge is -2.28. The van der Waals surface area contributed by atoms with Gasteiger partial charge in [-0.1, -0.05) is 82.3 Å². The van der Waals surface area contributed by atoms with Crippen molar-refractivity contribution in [1.82, 2.24) is 0 Å². The molecule has 48 heavy (non-hydrogen) atoms. The molecular formula is C43H34O5. The van der Waals surface area contributed by atoms with Crippen LogP contribution in [-0.4, -0.2) is 16.2 Å². The second-order valence-corrected chi connectivity index (χ2v) is 13.9. The zero-order chi connectivity index (χ0) is 33.5. The molecular weight excluding hydrogens is 596 g/mol. The number of aromatic carboxylic acids is 1. The molecule has 5 heteroatoms. The summed E-state index contributed by atoms with van der Waals surface area (Å²) in [6, 6.07) is 32.8. The molecule has 6 aromatic rings. The molecule has 8 rings (SSSR count). The number of rotatable bonds is 6. The maximum absolute atomic E-state index is 12.7. The number of aromatic hydroxyl groups is 1. The van der Waals surface area contributed by atoms with E-state index in [0.717, 1.165) is 12.0 Å². The van der Waals surface area contributed by atoms with Gasteiger partial charge in [-0.15, -0.1) is 0 Å². The minimum Gasteiger partial charge on any atom is -0.508 e. The molecule has 5 nitrogen and oxygen atoms in total. The van der Waals surface area contributed by atoms with Crippen LogP contribution in [0.25, 0.3) is 65.7 Å². The summed E-state index contributed by atoms with van der Waals surface area (Å²) in [5.41, 5.74) is 5.25. The van der Waals surface area contributed by atoms with Gasteiger partial charge in [0, 0.05) is 28.6 Å². The molecule has 236 valence electrons. The molecule has 2 N–H and O–H groups in total. The highest BCUT2D eigenvalue weighted by Crippen LogP contribution is 2.45. The fourth-order valence-corrected chi connectivity index (χ4v) is 7.63. The van der Waals surface area contributed by atoms with Gasteiger partial charge in [-0.05, 0) is 109 Å². The molecule has 0 amide bonds. The summed E-state index contributed by atoms with van der Waals surface area (Å²) in [5, 5.41) is 28.9. The Kier molecular flexibility index (Phi) is 6.61. The monoisotopic (exact) mass is 630 g/mol. The van der Waals surface area contributed by atoms with Crippen molar-refractivity contribution < 1.29 is 19.4 Å². The van der Waals surface area contributed by atoms with Crippen LogP contribution in [0, 0.1) is 0 Å². The Morgan fingerprint density at radius 2 is 1.44 bits per heavy atom. The summed E-state index contributed by atoms with van der Waals surface area (Å²) >= 11 is 0. The number of carbonyl (C=O) groups is 1. The van der Waals surface area contributed by atoms with Gasteiger partial charge < -0.3 is 14.6 Å². The third-order valence-electron chi connectivity index (χ3n) is 10.0. The number of hydrogen-bond donors (Lipinski definition) is 2. The smallest absolute Gasteiger partial charge is 0.336 e. The lowest BCUT2D eigenvalue weighted by Crippen LogP contribution is -2.21. The molecule has 0 bridgehead atoms. The van der Waals surface area contributed by atoms with Crippen molar-refractivity contribution in [2.75, 3.05) is 0 Å². The predicted molar refractivity (Wildman–Crippen MR) is 194 cm³/mol. The first kappa shape index (κ1) is 29.7. The first-order chi connectivity index (χ1) is 23.0. The van der Waals surface area contributed by atoms with Crippen LogP contribution >= 0.6 is 0 Å². The quantitative estimate of drug-likeness (QED) is 0.141. The number of phenolic OH excluding ortho intramolecular Hbond substituents is 1. The summed E-state index contributed by atoms with van der Waals surface area (Å²) in [6.07, 6.45) is 0.725. The van der Waals surface area contributed by atoms with Gasteiger partial charge in [0.1, 0.15) is 17.1 Å². The maximum atomic E-state index is 12.7. The van der Waals surface area contributed by atoms with Gasteiger partial charge in [-0.2, -0.15) is 0 Å². The van der Waals surface area contributed by atoms with Gasteiger partial charge in [0.2, 0.25) is 0 Å². The Labute approximate surface area is 277 Å². The zero-order valence-electron chi connectivity index (χ0n) is 27.2. The molecule has 0 saturated carbocycles. The topological polar surface area (TPSA) is 87.7 Å². The Morgan fingerprint density at radius 1 is 0.750 bits per heavy atom. The van der Waals surface area contributed by atoms with Crippen molar-refractivity contribution in [3.63, 3.8) is 0 Å². The summed E-state index contributed by atoms with van der Waals surface area (Å²) < 4.78 is 6.05. The molecule has 1 heterocycles. The van der Waals surface area contributed by atoms with Crippen LogP contribution in [0.5, 0.6) is 5.75 Å². The first-order valence-electron chi connectivity index (χ1n) is 16.3. The third-order valence-corrected chi connectivity index (χ3v) is 10.0. The molecule has 0 aromatic heterocycles. The molecule has 0 fully saturated rings. The minimum atomic E-state index is -1.05. The van der Waals surface area contributed by atoms with Crippen molar-refractivity contribution in [2.45, 2.75) is 45.4 Å². The number of benzene rings is 7. The maximum Gasteiger partial charge on any atom is 0.336 e. The molecule has 6 aromatic carbocycles. The van der Waals surface area contributed by atoms with Crippen molar-refractivity contribution in [3.05, 3.63) is 136 Å². The second-order valence-electron chi connectivity index (χ2n) is 13.9.